The van der Waals surface area contributed by atoms with Gasteiger partial charge in [0.1, 0.15) is 11.6 Å². The van der Waals surface area contributed by atoms with E-state index in [-0.39, 0.29) is 17.8 Å². The van der Waals surface area contributed by atoms with Crippen molar-refractivity contribution in [1.29, 1.82) is 0 Å². The van der Waals surface area contributed by atoms with Crippen molar-refractivity contribution in [1.82, 2.24) is 5.32 Å². The molecule has 3 rings (SSSR count). The molecule has 2 aliphatic carbocycles. The molecule has 1 aromatic carbocycles. The van der Waals surface area contributed by atoms with Crippen LogP contribution in [0.5, 0.6) is 5.75 Å². The highest BCUT2D eigenvalue weighted by atomic mass is 19.1. The summed E-state index contributed by atoms with van der Waals surface area (Å²) >= 11 is 0. The highest BCUT2D eigenvalue weighted by Crippen LogP contribution is 2.40. The molecule has 4 heteroatoms. The molecule has 1 amide bonds. The zero-order valence-corrected chi connectivity index (χ0v) is 15.7. The fraction of sp³-hybridized carbons (Fsp3) is 0.500. The van der Waals surface area contributed by atoms with Gasteiger partial charge in [0.2, 0.25) is 5.91 Å². The molecule has 2 aliphatic rings. The quantitative estimate of drug-likeness (QED) is 0.768. The van der Waals surface area contributed by atoms with Gasteiger partial charge in [-0.15, -0.1) is 0 Å². The van der Waals surface area contributed by atoms with Crippen LogP contribution >= 0.6 is 0 Å². The van der Waals surface area contributed by atoms with E-state index in [0.29, 0.717) is 25.7 Å². The summed E-state index contributed by atoms with van der Waals surface area (Å²) in [6, 6.07) is 5.89. The van der Waals surface area contributed by atoms with E-state index >= 15 is 0 Å². The second-order valence-electron chi connectivity index (χ2n) is 7.10. The van der Waals surface area contributed by atoms with E-state index < -0.39 is 0 Å². The monoisotopic (exact) mass is 357 g/mol. The minimum atomic E-state index is -0.0320. The first-order valence-electron chi connectivity index (χ1n) is 9.71. The molecule has 26 heavy (non-hydrogen) atoms. The van der Waals surface area contributed by atoms with Crippen LogP contribution in [0.25, 0.3) is 5.57 Å². The number of likely N-dealkylation sites (N-methyl/N-ethyl adjacent to an activating group) is 1. The lowest BCUT2D eigenvalue weighted by Crippen LogP contribution is -2.20. The number of benzene rings is 1. The Bertz CT molecular complexity index is 730. The van der Waals surface area contributed by atoms with E-state index in [0.717, 1.165) is 40.9 Å². The fourth-order valence-corrected chi connectivity index (χ4v) is 3.88. The first kappa shape index (κ1) is 18.7. The number of ether oxygens (including phenoxy) is 1. The topological polar surface area (TPSA) is 38.3 Å². The number of halogens is 1. The Kier molecular flexibility index (Phi) is 6.12. The maximum atomic E-state index is 14.4. The maximum Gasteiger partial charge on any atom is 0.224 e. The third-order valence-electron chi connectivity index (χ3n) is 5.29. The van der Waals surface area contributed by atoms with Gasteiger partial charge in [-0.3, -0.25) is 4.79 Å². The minimum absolute atomic E-state index is 0.0199. The van der Waals surface area contributed by atoms with Crippen molar-refractivity contribution in [3.8, 4) is 5.75 Å². The Labute approximate surface area is 155 Å². The molecule has 3 nitrogen and oxygen atoms in total. The number of nitrogens with one attached hydrogen (secondary N) is 1. The molecule has 0 aromatic heterocycles. The molecule has 0 atom stereocenters. The van der Waals surface area contributed by atoms with Crippen molar-refractivity contribution < 1.29 is 13.9 Å². The smallest absolute Gasteiger partial charge is 0.224 e. The third kappa shape index (κ3) is 4.17. The largest absolute Gasteiger partial charge is 0.490 e. The molecule has 0 unspecified atom stereocenters. The van der Waals surface area contributed by atoms with Crippen molar-refractivity contribution >= 4 is 11.5 Å². The summed E-state index contributed by atoms with van der Waals surface area (Å²) in [7, 11) is 1.64. The Morgan fingerprint density at radius 3 is 2.77 bits per heavy atom. The van der Waals surface area contributed by atoms with E-state index in [2.05, 4.69) is 11.4 Å². The van der Waals surface area contributed by atoms with Crippen molar-refractivity contribution in [2.75, 3.05) is 7.05 Å². The van der Waals surface area contributed by atoms with Crippen LogP contribution in [-0.4, -0.2) is 19.1 Å². The van der Waals surface area contributed by atoms with Crippen LogP contribution in [0.4, 0.5) is 4.39 Å². The van der Waals surface area contributed by atoms with Gasteiger partial charge in [0.15, 0.2) is 0 Å². The van der Waals surface area contributed by atoms with Crippen molar-refractivity contribution in [3.63, 3.8) is 0 Å². The van der Waals surface area contributed by atoms with Gasteiger partial charge in [0, 0.05) is 19.0 Å². The molecule has 1 fully saturated rings. The first-order valence-corrected chi connectivity index (χ1v) is 9.71. The molecule has 1 aromatic rings. The van der Waals surface area contributed by atoms with E-state index in [4.69, 9.17) is 4.74 Å². The molecule has 0 aliphatic heterocycles. The van der Waals surface area contributed by atoms with E-state index in [1.807, 2.05) is 25.1 Å². The number of amides is 1. The molecular formula is C22H28FNO2. The zero-order valence-electron chi connectivity index (χ0n) is 15.7. The normalized spacial score (nSPS) is 18.0. The summed E-state index contributed by atoms with van der Waals surface area (Å²) in [5.41, 5.74) is 3.54. The lowest BCUT2D eigenvalue weighted by atomic mass is 9.88. The summed E-state index contributed by atoms with van der Waals surface area (Å²) in [6.07, 6.45) is 9.04. The van der Waals surface area contributed by atoms with Crippen molar-refractivity contribution in [2.45, 2.75) is 64.4 Å². The maximum absolute atomic E-state index is 14.4. The Morgan fingerprint density at radius 1 is 1.31 bits per heavy atom. The second kappa shape index (κ2) is 8.52. The van der Waals surface area contributed by atoms with Crippen LogP contribution in [0.1, 0.15) is 63.0 Å². The lowest BCUT2D eigenvalue weighted by molar-refractivity contribution is -0.119. The van der Waals surface area contributed by atoms with Gasteiger partial charge < -0.3 is 10.1 Å². The molecule has 1 N–H and O–H groups in total. The van der Waals surface area contributed by atoms with Gasteiger partial charge in [0.05, 0.1) is 12.5 Å². The van der Waals surface area contributed by atoms with E-state index in [1.54, 1.807) is 7.05 Å². The first-order chi connectivity index (χ1) is 12.6. The predicted molar refractivity (Wildman–Crippen MR) is 103 cm³/mol. The summed E-state index contributed by atoms with van der Waals surface area (Å²) < 4.78 is 20.7. The molecule has 140 valence electrons. The number of carbonyl (C=O) groups excluding carboxylic acids is 1. The molecule has 0 spiro atoms. The molecular weight excluding hydrogens is 329 g/mol. The summed E-state index contributed by atoms with van der Waals surface area (Å²) in [4.78, 5) is 11.8. The molecule has 1 saturated carbocycles. The standard InChI is InChI=1S/C22H28FNO2/c1-3-17-18(9-6-10-20(17)23)19-13-15(14-22(25)24-2)11-12-21(19)26-16-7-4-5-8-16/h9,11-13,16H,3-8,10,14H2,1-2H3,(H,24,25). The SMILES string of the molecule is CCC1=C(F)CCC=C1c1cc(CC(=O)NC)ccc1OC1CCCC1. The molecule has 0 bridgehead atoms. The average molecular weight is 357 g/mol. The van der Waals surface area contributed by atoms with Crippen LogP contribution < -0.4 is 10.1 Å². The third-order valence-corrected chi connectivity index (χ3v) is 5.29. The number of allylic oxidation sites excluding steroid dienone is 4. The van der Waals surface area contributed by atoms with Crippen LogP contribution in [0.2, 0.25) is 0 Å². The van der Waals surface area contributed by atoms with Gasteiger partial charge in [0.25, 0.3) is 0 Å². The van der Waals surface area contributed by atoms with Crippen LogP contribution in [0, 0.1) is 0 Å². The lowest BCUT2D eigenvalue weighted by Gasteiger charge is -2.22. The van der Waals surface area contributed by atoms with E-state index in [1.165, 1.54) is 12.8 Å². The predicted octanol–water partition coefficient (Wildman–Crippen LogP) is 5.11. The molecule has 0 saturated heterocycles. The van der Waals surface area contributed by atoms with Crippen LogP contribution in [0.3, 0.4) is 0 Å². The van der Waals surface area contributed by atoms with Gasteiger partial charge in [-0.2, -0.15) is 0 Å². The number of carbonyl (C=O) groups is 1. The van der Waals surface area contributed by atoms with Gasteiger partial charge >= 0.3 is 0 Å². The van der Waals surface area contributed by atoms with E-state index in [9.17, 15) is 9.18 Å². The Morgan fingerprint density at radius 2 is 2.08 bits per heavy atom. The highest BCUT2D eigenvalue weighted by Gasteiger charge is 2.23. The molecule has 0 radical (unpaired) electrons. The molecule has 0 heterocycles. The van der Waals surface area contributed by atoms with Crippen molar-refractivity contribution in [3.05, 3.63) is 46.8 Å². The summed E-state index contributed by atoms with van der Waals surface area (Å²) in [5, 5.41) is 2.66. The van der Waals surface area contributed by atoms with Gasteiger partial charge in [-0.25, -0.2) is 4.39 Å². The van der Waals surface area contributed by atoms with Crippen molar-refractivity contribution in [2.24, 2.45) is 0 Å². The highest BCUT2D eigenvalue weighted by molar-refractivity contribution is 5.85. The second-order valence-corrected chi connectivity index (χ2v) is 7.10. The minimum Gasteiger partial charge on any atom is -0.490 e. The fourth-order valence-electron chi connectivity index (χ4n) is 3.88. The van der Waals surface area contributed by atoms with Crippen LogP contribution in [-0.2, 0) is 11.2 Å². The number of hydrogen-bond acceptors (Lipinski definition) is 2. The number of hydrogen-bond donors (Lipinski definition) is 1. The van der Waals surface area contributed by atoms with Gasteiger partial charge in [-0.1, -0.05) is 19.1 Å². The number of rotatable bonds is 6. The van der Waals surface area contributed by atoms with Crippen LogP contribution in [0.15, 0.2) is 35.7 Å². The Balaban J connectivity index is 1.98. The average Bonchev–Trinajstić information content (AvgIpc) is 3.15. The van der Waals surface area contributed by atoms with Gasteiger partial charge in [-0.05, 0) is 67.4 Å². The summed E-state index contributed by atoms with van der Waals surface area (Å²) in [5.74, 6) is 0.758. The summed E-state index contributed by atoms with van der Waals surface area (Å²) in [6.45, 7) is 1.99. The Hall–Kier alpha value is -2.10. The zero-order chi connectivity index (χ0) is 18.5.